The third kappa shape index (κ3) is 5.07. The van der Waals surface area contributed by atoms with Gasteiger partial charge in [0.1, 0.15) is 0 Å². The zero-order valence-electron chi connectivity index (χ0n) is 12.3. The largest absolute Gasteiger partial charge is 0.313 e. The highest BCUT2D eigenvalue weighted by Crippen LogP contribution is 2.13. The van der Waals surface area contributed by atoms with Crippen LogP contribution in [0.2, 0.25) is 0 Å². The van der Waals surface area contributed by atoms with Gasteiger partial charge < -0.3 is 5.32 Å². The number of rotatable bonds is 9. The second-order valence-corrected chi connectivity index (χ2v) is 6.56. The summed E-state index contributed by atoms with van der Waals surface area (Å²) in [5, 5.41) is 3.24. The van der Waals surface area contributed by atoms with Crippen LogP contribution >= 0.6 is 0 Å². The van der Waals surface area contributed by atoms with Gasteiger partial charge in [-0.05, 0) is 17.7 Å². The summed E-state index contributed by atoms with van der Waals surface area (Å²) < 4.78 is 26.1. The van der Waals surface area contributed by atoms with Crippen molar-refractivity contribution >= 4 is 10.0 Å². The van der Waals surface area contributed by atoms with Crippen molar-refractivity contribution in [2.24, 2.45) is 0 Å². The second-order valence-electron chi connectivity index (χ2n) is 4.60. The maximum atomic E-state index is 12.3. The predicted molar refractivity (Wildman–Crippen MR) is 83.9 cm³/mol. The third-order valence-electron chi connectivity index (χ3n) is 3.00. The van der Waals surface area contributed by atoms with Crippen LogP contribution in [0.15, 0.2) is 36.9 Å². The minimum absolute atomic E-state index is 0.0364. The molecule has 0 aliphatic rings. The van der Waals surface area contributed by atoms with Crippen LogP contribution in [-0.2, 0) is 22.3 Å². The monoisotopic (exact) mass is 296 g/mol. The molecule has 1 N–H and O–H groups in total. The van der Waals surface area contributed by atoms with Gasteiger partial charge in [0.15, 0.2) is 0 Å². The van der Waals surface area contributed by atoms with Gasteiger partial charge in [-0.3, -0.25) is 0 Å². The highest BCUT2D eigenvalue weighted by atomic mass is 32.2. The van der Waals surface area contributed by atoms with Crippen LogP contribution in [0.5, 0.6) is 0 Å². The van der Waals surface area contributed by atoms with E-state index in [0.717, 1.165) is 24.2 Å². The lowest BCUT2D eigenvalue weighted by molar-refractivity contribution is 0.459. The van der Waals surface area contributed by atoms with Crippen molar-refractivity contribution in [2.75, 3.05) is 19.6 Å². The summed E-state index contributed by atoms with van der Waals surface area (Å²) in [5.74, 6) is 0.0364. The molecule has 0 atom stereocenters. The van der Waals surface area contributed by atoms with E-state index in [1.807, 2.05) is 38.1 Å². The van der Waals surface area contributed by atoms with Crippen molar-refractivity contribution in [1.82, 2.24) is 9.62 Å². The molecule has 1 rings (SSSR count). The maximum Gasteiger partial charge on any atom is 0.218 e. The fraction of sp³-hybridized carbons (Fsp3) is 0.467. The standard InChI is InChI=1S/C15H24N2O2S/c1-4-10-17(6-3)20(18,19)13-15-9-7-8-14(11-15)12-16-5-2/h4,7-9,11,16H,1,5-6,10,12-13H2,2-3H3. The zero-order valence-corrected chi connectivity index (χ0v) is 13.1. The zero-order chi connectivity index (χ0) is 15.0. The Morgan fingerprint density at radius 3 is 2.60 bits per heavy atom. The van der Waals surface area contributed by atoms with E-state index < -0.39 is 10.0 Å². The Bertz CT molecular complexity index is 526. The molecule has 0 bridgehead atoms. The Morgan fingerprint density at radius 2 is 2.00 bits per heavy atom. The summed E-state index contributed by atoms with van der Waals surface area (Å²) in [7, 11) is -3.28. The van der Waals surface area contributed by atoms with E-state index in [2.05, 4.69) is 11.9 Å². The minimum Gasteiger partial charge on any atom is -0.313 e. The molecule has 0 amide bonds. The van der Waals surface area contributed by atoms with Gasteiger partial charge in [-0.15, -0.1) is 6.58 Å². The summed E-state index contributed by atoms with van der Waals surface area (Å²) >= 11 is 0. The number of likely N-dealkylation sites (N-methyl/N-ethyl adjacent to an activating group) is 1. The molecule has 0 aromatic heterocycles. The summed E-state index contributed by atoms with van der Waals surface area (Å²) in [6.07, 6.45) is 1.61. The molecule has 1 aromatic carbocycles. The van der Waals surface area contributed by atoms with Crippen molar-refractivity contribution in [3.8, 4) is 0 Å². The van der Waals surface area contributed by atoms with Gasteiger partial charge in [0.05, 0.1) is 5.75 Å². The lowest BCUT2D eigenvalue weighted by Crippen LogP contribution is -2.32. The lowest BCUT2D eigenvalue weighted by Gasteiger charge is -2.18. The SMILES string of the molecule is C=CCN(CC)S(=O)(=O)Cc1cccc(CNCC)c1. The molecule has 112 valence electrons. The Labute approximate surface area is 122 Å². The molecule has 0 spiro atoms. The molecule has 0 fully saturated rings. The summed E-state index contributed by atoms with van der Waals surface area (Å²) in [4.78, 5) is 0. The molecule has 4 nitrogen and oxygen atoms in total. The van der Waals surface area contributed by atoms with Crippen molar-refractivity contribution < 1.29 is 8.42 Å². The second kappa shape index (κ2) is 8.19. The minimum atomic E-state index is -3.28. The Morgan fingerprint density at radius 1 is 1.30 bits per heavy atom. The van der Waals surface area contributed by atoms with Crippen molar-refractivity contribution in [3.05, 3.63) is 48.0 Å². The number of nitrogens with one attached hydrogen (secondary N) is 1. The van der Waals surface area contributed by atoms with E-state index in [9.17, 15) is 8.42 Å². The third-order valence-corrected chi connectivity index (χ3v) is 4.89. The molecular weight excluding hydrogens is 272 g/mol. The van der Waals surface area contributed by atoms with Gasteiger partial charge in [0.25, 0.3) is 0 Å². The number of benzene rings is 1. The van der Waals surface area contributed by atoms with E-state index >= 15 is 0 Å². The van der Waals surface area contributed by atoms with Gasteiger partial charge in [-0.1, -0.05) is 44.2 Å². The smallest absolute Gasteiger partial charge is 0.218 e. The van der Waals surface area contributed by atoms with Crippen LogP contribution in [0, 0.1) is 0 Å². The maximum absolute atomic E-state index is 12.3. The summed E-state index contributed by atoms with van der Waals surface area (Å²) in [5.41, 5.74) is 1.93. The molecule has 0 heterocycles. The van der Waals surface area contributed by atoms with Gasteiger partial charge in [-0.25, -0.2) is 8.42 Å². The van der Waals surface area contributed by atoms with Gasteiger partial charge in [-0.2, -0.15) is 4.31 Å². The van der Waals surface area contributed by atoms with Gasteiger partial charge in [0.2, 0.25) is 10.0 Å². The van der Waals surface area contributed by atoms with Crippen LogP contribution in [0.25, 0.3) is 0 Å². The van der Waals surface area contributed by atoms with E-state index in [1.165, 1.54) is 4.31 Å². The van der Waals surface area contributed by atoms with Crippen LogP contribution in [0.1, 0.15) is 25.0 Å². The van der Waals surface area contributed by atoms with Crippen molar-refractivity contribution in [2.45, 2.75) is 26.1 Å². The lowest BCUT2D eigenvalue weighted by atomic mass is 10.1. The predicted octanol–water partition coefficient (Wildman–Crippen LogP) is 2.13. The summed E-state index contributed by atoms with van der Waals surface area (Å²) in [6, 6.07) is 7.71. The van der Waals surface area contributed by atoms with E-state index in [-0.39, 0.29) is 5.75 Å². The number of hydrogen-bond acceptors (Lipinski definition) is 3. The molecule has 0 aliphatic carbocycles. The quantitative estimate of drug-likeness (QED) is 0.710. The number of sulfonamides is 1. The Kier molecular flexibility index (Phi) is 6.91. The van der Waals surface area contributed by atoms with Crippen LogP contribution in [-0.4, -0.2) is 32.4 Å². The molecule has 0 unspecified atom stereocenters. The van der Waals surface area contributed by atoms with Crippen molar-refractivity contribution in [3.63, 3.8) is 0 Å². The normalized spacial score (nSPS) is 11.8. The van der Waals surface area contributed by atoms with E-state index in [4.69, 9.17) is 0 Å². The number of hydrogen-bond donors (Lipinski definition) is 1. The molecular formula is C15H24N2O2S. The van der Waals surface area contributed by atoms with Gasteiger partial charge in [0, 0.05) is 19.6 Å². The van der Waals surface area contributed by atoms with Crippen molar-refractivity contribution in [1.29, 1.82) is 0 Å². The Balaban J connectivity index is 2.83. The fourth-order valence-corrected chi connectivity index (χ4v) is 3.49. The van der Waals surface area contributed by atoms with Crippen LogP contribution < -0.4 is 5.32 Å². The molecule has 0 saturated heterocycles. The Hall–Kier alpha value is -1.17. The highest BCUT2D eigenvalue weighted by molar-refractivity contribution is 7.88. The first-order chi connectivity index (χ1) is 9.53. The molecule has 1 aromatic rings. The molecule has 20 heavy (non-hydrogen) atoms. The number of nitrogens with zero attached hydrogens (tertiary/aromatic N) is 1. The van der Waals surface area contributed by atoms with E-state index in [1.54, 1.807) is 6.08 Å². The van der Waals surface area contributed by atoms with Crippen LogP contribution in [0.4, 0.5) is 0 Å². The first-order valence-electron chi connectivity index (χ1n) is 6.90. The topological polar surface area (TPSA) is 49.4 Å². The fourth-order valence-electron chi connectivity index (χ4n) is 1.98. The highest BCUT2D eigenvalue weighted by Gasteiger charge is 2.19. The summed E-state index contributed by atoms with van der Waals surface area (Å²) in [6.45, 7) is 9.96. The molecule has 0 aliphatic heterocycles. The molecule has 5 heteroatoms. The first kappa shape index (κ1) is 16.9. The average molecular weight is 296 g/mol. The molecule has 0 radical (unpaired) electrons. The van der Waals surface area contributed by atoms with Crippen LogP contribution in [0.3, 0.4) is 0 Å². The van der Waals surface area contributed by atoms with Gasteiger partial charge >= 0.3 is 0 Å². The van der Waals surface area contributed by atoms with E-state index in [0.29, 0.717) is 13.1 Å². The average Bonchev–Trinajstić information content (AvgIpc) is 2.42. The first-order valence-corrected chi connectivity index (χ1v) is 8.51. The molecule has 0 saturated carbocycles.